The lowest BCUT2D eigenvalue weighted by atomic mass is 10.0. The van der Waals surface area contributed by atoms with Gasteiger partial charge in [-0.05, 0) is 25.1 Å². The number of nitriles is 1. The molecule has 1 atom stereocenters. The lowest BCUT2D eigenvalue weighted by Crippen LogP contribution is -2.40. The van der Waals surface area contributed by atoms with Gasteiger partial charge in [-0.3, -0.25) is 4.79 Å². The number of rotatable bonds is 4. The number of nitrogens with one attached hydrogen (secondary N) is 1. The SMILES string of the molecule is C[C@](O)(CC=O)C(=O)Nc1ccc(C#N)c(C(F)(F)F)c1. The van der Waals surface area contributed by atoms with E-state index in [-0.39, 0.29) is 5.69 Å². The van der Waals surface area contributed by atoms with Crippen molar-refractivity contribution in [3.8, 4) is 6.07 Å². The quantitative estimate of drug-likeness (QED) is 0.830. The van der Waals surface area contributed by atoms with Crippen LogP contribution in [0.1, 0.15) is 24.5 Å². The van der Waals surface area contributed by atoms with Crippen molar-refractivity contribution < 1.29 is 27.9 Å². The second kappa shape index (κ2) is 5.93. The van der Waals surface area contributed by atoms with Crippen molar-refractivity contribution in [2.24, 2.45) is 0 Å². The highest BCUT2D eigenvalue weighted by Gasteiger charge is 2.35. The molecule has 0 aliphatic carbocycles. The lowest BCUT2D eigenvalue weighted by molar-refractivity contribution is -0.138. The Morgan fingerprint density at radius 2 is 2.10 bits per heavy atom. The lowest BCUT2D eigenvalue weighted by Gasteiger charge is -2.20. The first-order valence-electron chi connectivity index (χ1n) is 5.70. The fraction of sp³-hybridized carbons (Fsp3) is 0.308. The van der Waals surface area contributed by atoms with Crippen molar-refractivity contribution in [3.63, 3.8) is 0 Å². The summed E-state index contributed by atoms with van der Waals surface area (Å²) in [5.74, 6) is -1.02. The number of nitrogens with zero attached hydrogens (tertiary/aromatic N) is 1. The molecule has 1 amide bonds. The number of hydrogen-bond donors (Lipinski definition) is 2. The number of amides is 1. The summed E-state index contributed by atoms with van der Waals surface area (Å²) in [6.07, 6.45) is -4.93. The molecule has 0 spiro atoms. The van der Waals surface area contributed by atoms with Crippen molar-refractivity contribution in [1.29, 1.82) is 5.26 Å². The van der Waals surface area contributed by atoms with Crippen molar-refractivity contribution in [2.45, 2.75) is 25.1 Å². The standard InChI is InChI=1S/C13H11F3N2O3/c1-12(21,4-5-19)11(20)18-9-3-2-8(7-17)10(6-9)13(14,15)16/h2-3,5-6,21H,4H2,1H3,(H,18,20)/t12-/m0/s1. The molecule has 0 saturated carbocycles. The zero-order valence-electron chi connectivity index (χ0n) is 10.9. The minimum atomic E-state index is -4.75. The normalized spacial score (nSPS) is 13.9. The van der Waals surface area contributed by atoms with Gasteiger partial charge in [0.15, 0.2) is 0 Å². The Kier molecular flexibility index (Phi) is 4.70. The number of alkyl halides is 3. The molecule has 1 rings (SSSR count). The summed E-state index contributed by atoms with van der Waals surface area (Å²) < 4.78 is 38.2. The van der Waals surface area contributed by atoms with Crippen LogP contribution in [0.2, 0.25) is 0 Å². The number of halogens is 3. The molecular weight excluding hydrogens is 289 g/mol. The fourth-order valence-corrected chi connectivity index (χ4v) is 1.47. The van der Waals surface area contributed by atoms with Crippen molar-refractivity contribution in [1.82, 2.24) is 0 Å². The molecule has 8 heteroatoms. The van der Waals surface area contributed by atoms with Gasteiger partial charge in [-0.25, -0.2) is 0 Å². The van der Waals surface area contributed by atoms with E-state index in [2.05, 4.69) is 5.32 Å². The van der Waals surface area contributed by atoms with Crippen molar-refractivity contribution in [3.05, 3.63) is 29.3 Å². The largest absolute Gasteiger partial charge is 0.417 e. The fourth-order valence-electron chi connectivity index (χ4n) is 1.47. The minimum absolute atomic E-state index is 0.238. The molecule has 0 radical (unpaired) electrons. The molecule has 112 valence electrons. The highest BCUT2D eigenvalue weighted by atomic mass is 19.4. The van der Waals surface area contributed by atoms with Crippen molar-refractivity contribution >= 4 is 17.9 Å². The number of carbonyl (C=O) groups is 2. The molecular formula is C13H11F3N2O3. The molecule has 1 aromatic carbocycles. The average Bonchev–Trinajstić information content (AvgIpc) is 2.37. The topological polar surface area (TPSA) is 90.2 Å². The summed E-state index contributed by atoms with van der Waals surface area (Å²) in [6.45, 7) is 1.06. The monoisotopic (exact) mass is 300 g/mol. The van der Waals surface area contributed by atoms with E-state index in [0.717, 1.165) is 19.1 Å². The third-order valence-electron chi connectivity index (χ3n) is 2.67. The zero-order chi connectivity index (χ0) is 16.3. The van der Waals surface area contributed by atoms with Crippen LogP contribution in [0.4, 0.5) is 18.9 Å². The Labute approximate surface area is 118 Å². The highest BCUT2D eigenvalue weighted by Crippen LogP contribution is 2.33. The molecule has 2 N–H and O–H groups in total. The molecule has 0 fully saturated rings. The maximum Gasteiger partial charge on any atom is 0.417 e. The van der Waals surface area contributed by atoms with E-state index in [0.29, 0.717) is 12.4 Å². The Bertz CT molecular complexity index is 604. The third-order valence-corrected chi connectivity index (χ3v) is 2.67. The summed E-state index contributed by atoms with van der Waals surface area (Å²) in [5.41, 5.74) is -4.05. The van der Waals surface area contributed by atoms with Gasteiger partial charge in [0.05, 0.1) is 17.2 Å². The van der Waals surface area contributed by atoms with Crippen LogP contribution < -0.4 is 5.32 Å². The first-order valence-corrected chi connectivity index (χ1v) is 5.70. The van der Waals surface area contributed by atoms with Gasteiger partial charge >= 0.3 is 6.18 Å². The van der Waals surface area contributed by atoms with Crippen molar-refractivity contribution in [2.75, 3.05) is 5.32 Å². The Balaban J connectivity index is 3.10. The van der Waals surface area contributed by atoms with Crippen LogP contribution in [0, 0.1) is 11.3 Å². The third kappa shape index (κ3) is 4.03. The molecule has 0 aliphatic heterocycles. The minimum Gasteiger partial charge on any atom is -0.380 e. The smallest absolute Gasteiger partial charge is 0.380 e. The van der Waals surface area contributed by atoms with Crippen LogP contribution in [-0.4, -0.2) is 22.9 Å². The molecule has 0 heterocycles. The molecule has 5 nitrogen and oxygen atoms in total. The van der Waals surface area contributed by atoms with Gasteiger partial charge in [-0.1, -0.05) is 0 Å². The summed E-state index contributed by atoms with van der Waals surface area (Å²) in [6, 6.07) is 4.00. The summed E-state index contributed by atoms with van der Waals surface area (Å²) in [7, 11) is 0. The van der Waals surface area contributed by atoms with Gasteiger partial charge in [-0.15, -0.1) is 0 Å². The van der Waals surface area contributed by atoms with Gasteiger partial charge in [0.1, 0.15) is 11.9 Å². The van der Waals surface area contributed by atoms with E-state index in [4.69, 9.17) is 5.26 Å². The zero-order valence-corrected chi connectivity index (χ0v) is 10.9. The number of hydrogen-bond acceptors (Lipinski definition) is 4. The summed E-state index contributed by atoms with van der Waals surface area (Å²) in [4.78, 5) is 22.0. The van der Waals surface area contributed by atoms with Gasteiger partial charge in [0.25, 0.3) is 5.91 Å². The van der Waals surface area contributed by atoms with Crippen LogP contribution in [0.25, 0.3) is 0 Å². The summed E-state index contributed by atoms with van der Waals surface area (Å²) >= 11 is 0. The Hall–Kier alpha value is -2.40. The second-order valence-electron chi connectivity index (χ2n) is 4.47. The van der Waals surface area contributed by atoms with E-state index in [1.165, 1.54) is 6.07 Å². The van der Waals surface area contributed by atoms with E-state index in [1.54, 1.807) is 0 Å². The van der Waals surface area contributed by atoms with E-state index < -0.39 is 35.2 Å². The Morgan fingerprint density at radius 1 is 1.48 bits per heavy atom. The number of aliphatic hydroxyl groups is 1. The van der Waals surface area contributed by atoms with Crippen LogP contribution in [-0.2, 0) is 15.8 Å². The predicted octanol–water partition coefficient (Wildman–Crippen LogP) is 1.86. The molecule has 0 aromatic heterocycles. The number of benzene rings is 1. The first-order chi connectivity index (χ1) is 9.61. The number of anilines is 1. The number of carbonyl (C=O) groups excluding carboxylic acids is 2. The molecule has 1 aromatic rings. The highest BCUT2D eigenvalue weighted by molar-refractivity contribution is 5.98. The molecule has 21 heavy (non-hydrogen) atoms. The van der Waals surface area contributed by atoms with E-state index >= 15 is 0 Å². The summed E-state index contributed by atoms with van der Waals surface area (Å²) in [5, 5.41) is 20.4. The number of aldehydes is 1. The van der Waals surface area contributed by atoms with E-state index in [1.807, 2.05) is 0 Å². The molecule has 0 aliphatic rings. The van der Waals surface area contributed by atoms with Crippen LogP contribution in [0.5, 0.6) is 0 Å². The predicted molar refractivity (Wildman–Crippen MR) is 66.1 cm³/mol. The molecule has 0 unspecified atom stereocenters. The van der Waals surface area contributed by atoms with Gasteiger partial charge in [0.2, 0.25) is 0 Å². The van der Waals surface area contributed by atoms with Crippen LogP contribution in [0.3, 0.4) is 0 Å². The Morgan fingerprint density at radius 3 is 2.57 bits per heavy atom. The van der Waals surface area contributed by atoms with Gasteiger partial charge in [-0.2, -0.15) is 18.4 Å². The second-order valence-corrected chi connectivity index (χ2v) is 4.47. The molecule has 0 saturated heterocycles. The van der Waals surface area contributed by atoms with Crippen LogP contribution in [0.15, 0.2) is 18.2 Å². The first kappa shape index (κ1) is 16.7. The maximum absolute atomic E-state index is 12.7. The van der Waals surface area contributed by atoms with E-state index in [9.17, 15) is 27.9 Å². The van der Waals surface area contributed by atoms with Crippen LogP contribution >= 0.6 is 0 Å². The maximum atomic E-state index is 12.7. The average molecular weight is 300 g/mol. The van der Waals surface area contributed by atoms with Gasteiger partial charge < -0.3 is 15.2 Å². The van der Waals surface area contributed by atoms with Gasteiger partial charge in [0, 0.05) is 12.1 Å². The molecule has 0 bridgehead atoms.